The fourth-order valence-electron chi connectivity index (χ4n) is 1.81. The van der Waals surface area contributed by atoms with Crippen LogP contribution in [0.1, 0.15) is 15.9 Å². The van der Waals surface area contributed by atoms with E-state index in [0.717, 1.165) is 0 Å². The van der Waals surface area contributed by atoms with E-state index in [2.05, 4.69) is 0 Å². The van der Waals surface area contributed by atoms with Crippen molar-refractivity contribution in [3.8, 4) is 0 Å². The van der Waals surface area contributed by atoms with Gasteiger partial charge in [-0.3, -0.25) is 9.59 Å². The Morgan fingerprint density at radius 3 is 2.05 bits per heavy atom. The van der Waals surface area contributed by atoms with Gasteiger partial charge in [0.05, 0.1) is 5.56 Å². The van der Waals surface area contributed by atoms with E-state index in [4.69, 9.17) is 0 Å². The maximum atomic E-state index is 13.6. The summed E-state index contributed by atoms with van der Waals surface area (Å²) in [5, 5.41) is 0. The van der Waals surface area contributed by atoms with Crippen molar-refractivity contribution in [3.63, 3.8) is 0 Å². The van der Waals surface area contributed by atoms with Crippen LogP contribution in [-0.4, -0.2) is 19.2 Å². The van der Waals surface area contributed by atoms with Crippen molar-refractivity contribution in [2.75, 3.05) is 11.9 Å². The molecule has 0 spiro atoms. The quantitative estimate of drug-likeness (QED) is 0.642. The lowest BCUT2D eigenvalue weighted by molar-refractivity contribution is -0.107. The highest BCUT2D eigenvalue weighted by Gasteiger charge is 2.20. The predicted octanol–water partition coefficient (Wildman–Crippen LogP) is 2.93. The molecule has 2 aromatic carbocycles. The molecule has 3 nitrogen and oxygen atoms in total. The Bertz CT molecular complexity index is 676. The van der Waals surface area contributed by atoms with E-state index in [-0.39, 0.29) is 5.56 Å². The second kappa shape index (κ2) is 5.78. The molecule has 0 atom stereocenters. The summed E-state index contributed by atoms with van der Waals surface area (Å²) in [6.07, 6.45) is 0.580. The Morgan fingerprint density at radius 1 is 1.05 bits per heavy atom. The molecule has 0 heterocycles. The largest absolute Gasteiger partial charge is 0.318 e. The number of carbonyl (C=O) groups excluding carboxylic acids is 2. The first-order valence-electron chi connectivity index (χ1n) is 5.91. The van der Waals surface area contributed by atoms with Gasteiger partial charge in [0, 0.05) is 30.4 Å². The number of carbonyl (C=O) groups is 2. The molecule has 0 aliphatic heterocycles. The highest BCUT2D eigenvalue weighted by atomic mass is 19.1. The number of rotatable bonds is 4. The molecule has 0 bridgehead atoms. The van der Waals surface area contributed by atoms with Crippen molar-refractivity contribution >= 4 is 17.9 Å². The van der Waals surface area contributed by atoms with Crippen molar-refractivity contribution in [3.05, 3.63) is 65.0 Å². The van der Waals surface area contributed by atoms with Crippen LogP contribution in [0, 0.1) is 17.5 Å². The first-order valence-corrected chi connectivity index (χ1v) is 5.91. The normalized spacial score (nSPS) is 10.3. The number of benzene rings is 2. The zero-order chi connectivity index (χ0) is 15.6. The Labute approximate surface area is 118 Å². The molecule has 0 aliphatic carbocycles. The van der Waals surface area contributed by atoms with E-state index in [1.165, 1.54) is 36.2 Å². The molecule has 2 aromatic rings. The maximum absolute atomic E-state index is 13.6. The summed E-state index contributed by atoms with van der Waals surface area (Å²) in [4.78, 5) is 23.9. The highest BCUT2D eigenvalue weighted by molar-refractivity contribution is 6.09. The van der Waals surface area contributed by atoms with Gasteiger partial charge >= 0.3 is 0 Å². The second-order valence-corrected chi connectivity index (χ2v) is 4.34. The minimum atomic E-state index is -1.26. The smallest absolute Gasteiger partial charge is 0.213 e. The van der Waals surface area contributed by atoms with Crippen LogP contribution in [0.2, 0.25) is 0 Å². The van der Waals surface area contributed by atoms with Crippen LogP contribution in [0.5, 0.6) is 0 Å². The van der Waals surface area contributed by atoms with Crippen LogP contribution in [0.3, 0.4) is 0 Å². The van der Waals surface area contributed by atoms with Gasteiger partial charge in [-0.15, -0.1) is 0 Å². The summed E-state index contributed by atoms with van der Waals surface area (Å²) in [5.74, 6) is -4.51. The molecule has 0 N–H and O–H groups in total. The first-order chi connectivity index (χ1) is 9.93. The zero-order valence-corrected chi connectivity index (χ0v) is 10.9. The fourth-order valence-corrected chi connectivity index (χ4v) is 1.81. The van der Waals surface area contributed by atoms with Crippen molar-refractivity contribution in [2.45, 2.75) is 0 Å². The third-order valence-electron chi connectivity index (χ3n) is 2.93. The molecule has 2 rings (SSSR count). The van der Waals surface area contributed by atoms with Gasteiger partial charge < -0.3 is 4.90 Å². The lowest BCUT2D eigenvalue weighted by Crippen LogP contribution is -2.14. The van der Waals surface area contributed by atoms with E-state index in [9.17, 15) is 22.8 Å². The summed E-state index contributed by atoms with van der Waals surface area (Å²) in [6.45, 7) is 0. The van der Waals surface area contributed by atoms with E-state index in [1.54, 1.807) is 0 Å². The molecule has 1 amide bonds. The lowest BCUT2D eigenvalue weighted by atomic mass is 10.0. The number of anilines is 1. The number of ketones is 1. The topological polar surface area (TPSA) is 37.4 Å². The van der Waals surface area contributed by atoms with Gasteiger partial charge in [-0.25, -0.2) is 13.2 Å². The number of nitrogens with zero attached hydrogens (tertiary/aromatic N) is 1. The molecule has 21 heavy (non-hydrogen) atoms. The highest BCUT2D eigenvalue weighted by Crippen LogP contribution is 2.20. The van der Waals surface area contributed by atoms with Gasteiger partial charge in [-0.1, -0.05) is 0 Å². The van der Waals surface area contributed by atoms with Crippen molar-refractivity contribution in [1.82, 2.24) is 0 Å². The number of hydrogen-bond donors (Lipinski definition) is 0. The van der Waals surface area contributed by atoms with Gasteiger partial charge in [0.15, 0.2) is 5.78 Å². The molecule has 0 radical (unpaired) electrons. The van der Waals surface area contributed by atoms with Crippen molar-refractivity contribution in [2.24, 2.45) is 0 Å². The lowest BCUT2D eigenvalue weighted by Gasteiger charge is -2.11. The third-order valence-corrected chi connectivity index (χ3v) is 2.93. The Kier molecular flexibility index (Phi) is 4.07. The van der Waals surface area contributed by atoms with Crippen LogP contribution in [0.25, 0.3) is 0 Å². The number of hydrogen-bond acceptors (Lipinski definition) is 2. The van der Waals surface area contributed by atoms with E-state index >= 15 is 0 Å². The third kappa shape index (κ3) is 2.94. The molecule has 0 aliphatic rings. The average Bonchev–Trinajstić information content (AvgIpc) is 2.45. The molecular weight excluding hydrogens is 283 g/mol. The summed E-state index contributed by atoms with van der Waals surface area (Å²) >= 11 is 0. The van der Waals surface area contributed by atoms with E-state index in [0.29, 0.717) is 24.2 Å². The summed E-state index contributed by atoms with van der Waals surface area (Å²) < 4.78 is 39.9. The van der Waals surface area contributed by atoms with Gasteiger partial charge in [0.1, 0.15) is 17.5 Å². The minimum absolute atomic E-state index is 0.0301. The molecular formula is C15H10F3NO2. The number of halogens is 3. The Balaban J connectivity index is 2.39. The molecule has 108 valence electrons. The van der Waals surface area contributed by atoms with Crippen LogP contribution in [-0.2, 0) is 4.79 Å². The monoisotopic (exact) mass is 293 g/mol. The fraction of sp³-hybridized carbons (Fsp3) is 0.0667. The standard InChI is InChI=1S/C15H10F3NO2/c1-19(8-20)11-4-2-9(3-5-11)15(21)14-12(17)6-10(16)7-13(14)18/h2-8H,1H3. The van der Waals surface area contributed by atoms with Crippen molar-refractivity contribution < 1.29 is 22.8 Å². The molecule has 0 aromatic heterocycles. The van der Waals surface area contributed by atoms with Gasteiger partial charge in [0.2, 0.25) is 6.41 Å². The first kappa shape index (κ1) is 14.8. The van der Waals surface area contributed by atoms with Crippen LogP contribution in [0.15, 0.2) is 36.4 Å². The minimum Gasteiger partial charge on any atom is -0.318 e. The molecule has 0 fully saturated rings. The van der Waals surface area contributed by atoms with Crippen LogP contribution >= 0.6 is 0 Å². The number of amides is 1. The van der Waals surface area contributed by atoms with Crippen molar-refractivity contribution in [1.29, 1.82) is 0 Å². The van der Waals surface area contributed by atoms with Gasteiger partial charge in [0.25, 0.3) is 0 Å². The molecule has 6 heteroatoms. The Morgan fingerprint density at radius 2 is 1.57 bits per heavy atom. The summed E-state index contributed by atoms with van der Waals surface area (Å²) in [6, 6.07) is 6.48. The molecule has 0 unspecified atom stereocenters. The molecule has 0 saturated heterocycles. The Hall–Kier alpha value is -2.63. The SMILES string of the molecule is CN(C=O)c1ccc(C(=O)c2c(F)cc(F)cc2F)cc1. The van der Waals surface area contributed by atoms with Gasteiger partial charge in [-0.05, 0) is 24.3 Å². The zero-order valence-electron chi connectivity index (χ0n) is 10.9. The summed E-state index contributed by atoms with van der Waals surface area (Å²) in [7, 11) is 1.52. The van der Waals surface area contributed by atoms with E-state index in [1.807, 2.05) is 0 Å². The summed E-state index contributed by atoms with van der Waals surface area (Å²) in [5.41, 5.74) is -0.267. The predicted molar refractivity (Wildman–Crippen MR) is 70.7 cm³/mol. The molecule has 0 saturated carbocycles. The maximum Gasteiger partial charge on any atom is 0.213 e. The van der Waals surface area contributed by atoms with E-state index < -0.39 is 28.8 Å². The van der Waals surface area contributed by atoms with Crippen LogP contribution < -0.4 is 4.90 Å². The van der Waals surface area contributed by atoms with Gasteiger partial charge in [-0.2, -0.15) is 0 Å². The average molecular weight is 293 g/mol. The second-order valence-electron chi connectivity index (χ2n) is 4.34. The van der Waals surface area contributed by atoms with Crippen LogP contribution in [0.4, 0.5) is 18.9 Å².